The third-order valence-electron chi connectivity index (χ3n) is 3.70. The first-order chi connectivity index (χ1) is 11.0. The van der Waals surface area contributed by atoms with E-state index in [1.54, 1.807) is 18.2 Å². The highest BCUT2D eigenvalue weighted by Gasteiger charge is 2.44. The molecule has 1 aliphatic heterocycles. The molecule has 0 amide bonds. The molecule has 7 nitrogen and oxygen atoms in total. The highest BCUT2D eigenvalue weighted by molar-refractivity contribution is 5.43. The van der Waals surface area contributed by atoms with Crippen LogP contribution in [0.2, 0.25) is 0 Å². The van der Waals surface area contributed by atoms with Gasteiger partial charge in [0.25, 0.3) is 0 Å². The molecule has 1 aliphatic rings. The molecule has 1 aromatic rings. The molecule has 0 aromatic heterocycles. The number of hydrogen-bond acceptors (Lipinski definition) is 7. The van der Waals surface area contributed by atoms with E-state index in [4.69, 9.17) is 14.2 Å². The fraction of sp³-hybridized carbons (Fsp3) is 0.500. The Morgan fingerprint density at radius 2 is 1.91 bits per heavy atom. The minimum Gasteiger partial charge on any atom is -0.493 e. The number of hydrogen-bond donors (Lipinski definition) is 4. The Hall–Kier alpha value is -1.64. The molecule has 5 atom stereocenters. The fourth-order valence-corrected chi connectivity index (χ4v) is 2.39. The summed E-state index contributed by atoms with van der Waals surface area (Å²) in [5, 5.41) is 38.7. The largest absolute Gasteiger partial charge is 0.493 e. The van der Waals surface area contributed by atoms with Crippen molar-refractivity contribution >= 4 is 0 Å². The van der Waals surface area contributed by atoms with Crippen LogP contribution in [0.3, 0.4) is 0 Å². The summed E-state index contributed by atoms with van der Waals surface area (Å²) in [7, 11) is 1.48. The zero-order valence-corrected chi connectivity index (χ0v) is 12.8. The normalized spacial score (nSPS) is 30.7. The zero-order chi connectivity index (χ0) is 17.0. The van der Waals surface area contributed by atoms with Crippen LogP contribution in [-0.4, -0.2) is 64.8 Å². The molecular formula is C16H22O7. The maximum Gasteiger partial charge on any atom is 0.229 e. The highest BCUT2D eigenvalue weighted by Crippen LogP contribution is 2.32. The Bertz CT molecular complexity index is 531. The number of benzene rings is 1. The third kappa shape index (κ3) is 3.82. The number of aliphatic hydroxyl groups is 4. The van der Waals surface area contributed by atoms with Gasteiger partial charge in [0.15, 0.2) is 11.5 Å². The quantitative estimate of drug-likeness (QED) is 0.527. The summed E-state index contributed by atoms with van der Waals surface area (Å²) in [4.78, 5) is 0. The average molecular weight is 326 g/mol. The molecule has 1 saturated heterocycles. The lowest BCUT2D eigenvalue weighted by molar-refractivity contribution is -0.277. The van der Waals surface area contributed by atoms with Crippen molar-refractivity contribution < 1.29 is 34.6 Å². The molecule has 1 heterocycles. The summed E-state index contributed by atoms with van der Waals surface area (Å²) >= 11 is 0. The summed E-state index contributed by atoms with van der Waals surface area (Å²) < 4.78 is 16.1. The monoisotopic (exact) mass is 326 g/mol. The second-order valence-corrected chi connectivity index (χ2v) is 5.29. The lowest BCUT2D eigenvalue weighted by atomic mass is 9.99. The van der Waals surface area contributed by atoms with Gasteiger partial charge in [-0.15, -0.1) is 6.58 Å². The van der Waals surface area contributed by atoms with Gasteiger partial charge in [-0.1, -0.05) is 12.1 Å². The molecule has 0 bridgehead atoms. The van der Waals surface area contributed by atoms with E-state index in [2.05, 4.69) is 6.58 Å². The smallest absolute Gasteiger partial charge is 0.229 e. The first-order valence-electron chi connectivity index (χ1n) is 7.26. The first-order valence-corrected chi connectivity index (χ1v) is 7.26. The molecule has 4 N–H and O–H groups in total. The van der Waals surface area contributed by atoms with Crippen molar-refractivity contribution in [3.05, 3.63) is 36.4 Å². The maximum atomic E-state index is 9.99. The highest BCUT2D eigenvalue weighted by atomic mass is 16.7. The second-order valence-electron chi connectivity index (χ2n) is 5.29. The van der Waals surface area contributed by atoms with E-state index in [1.807, 2.05) is 6.07 Å². The zero-order valence-electron chi connectivity index (χ0n) is 12.8. The topological polar surface area (TPSA) is 109 Å². The van der Waals surface area contributed by atoms with Gasteiger partial charge in [-0.25, -0.2) is 0 Å². The molecule has 23 heavy (non-hydrogen) atoms. The minimum absolute atomic E-state index is 0.310. The standard InChI is InChI=1S/C16H22O7/c1-3-4-9-5-6-10(11(7-9)21-2)22-16-15(20)14(19)13(18)12(8-17)23-16/h3,5-7,12-20H,1,4,8H2,2H3/t12-,13-,14+,15-,16+/m1/s1. The van der Waals surface area contributed by atoms with Crippen LogP contribution in [0.25, 0.3) is 0 Å². The molecule has 0 radical (unpaired) electrons. The summed E-state index contributed by atoms with van der Waals surface area (Å²) in [5.74, 6) is 0.742. The van der Waals surface area contributed by atoms with Crippen LogP contribution in [0, 0.1) is 0 Å². The number of allylic oxidation sites excluding steroid dienone is 1. The number of aliphatic hydroxyl groups excluding tert-OH is 4. The van der Waals surface area contributed by atoms with E-state index in [-0.39, 0.29) is 0 Å². The van der Waals surface area contributed by atoms with Gasteiger partial charge in [-0.2, -0.15) is 0 Å². The van der Waals surface area contributed by atoms with Crippen molar-refractivity contribution in [1.82, 2.24) is 0 Å². The van der Waals surface area contributed by atoms with E-state index in [9.17, 15) is 20.4 Å². The van der Waals surface area contributed by atoms with Crippen LogP contribution in [0.15, 0.2) is 30.9 Å². The first kappa shape index (κ1) is 17.7. The van der Waals surface area contributed by atoms with Gasteiger partial charge in [-0.05, 0) is 24.1 Å². The van der Waals surface area contributed by atoms with Gasteiger partial charge in [0.2, 0.25) is 6.29 Å². The predicted molar refractivity (Wildman–Crippen MR) is 81.3 cm³/mol. The van der Waals surface area contributed by atoms with Gasteiger partial charge in [0.1, 0.15) is 24.4 Å². The summed E-state index contributed by atoms with van der Waals surface area (Å²) in [6, 6.07) is 5.23. The summed E-state index contributed by atoms with van der Waals surface area (Å²) in [6.07, 6.45) is -4.23. The molecule has 1 fully saturated rings. The molecule has 0 aliphatic carbocycles. The third-order valence-corrected chi connectivity index (χ3v) is 3.70. The van der Waals surface area contributed by atoms with Crippen LogP contribution >= 0.6 is 0 Å². The summed E-state index contributed by atoms with van der Waals surface area (Å²) in [6.45, 7) is 3.16. The lowest BCUT2D eigenvalue weighted by Crippen LogP contribution is -2.60. The van der Waals surface area contributed by atoms with Crippen LogP contribution in [0.1, 0.15) is 5.56 Å². The van der Waals surface area contributed by atoms with Gasteiger partial charge < -0.3 is 34.6 Å². The van der Waals surface area contributed by atoms with Crippen molar-refractivity contribution in [2.45, 2.75) is 37.1 Å². The Labute approximate surface area is 134 Å². The molecule has 0 spiro atoms. The predicted octanol–water partition coefficient (Wildman–Crippen LogP) is -0.398. The van der Waals surface area contributed by atoms with Gasteiger partial charge in [0.05, 0.1) is 13.7 Å². The van der Waals surface area contributed by atoms with E-state index in [0.29, 0.717) is 17.9 Å². The van der Waals surface area contributed by atoms with Gasteiger partial charge in [-0.3, -0.25) is 0 Å². The average Bonchev–Trinajstić information content (AvgIpc) is 2.56. The van der Waals surface area contributed by atoms with Crippen molar-refractivity contribution in [3.8, 4) is 11.5 Å². The Balaban J connectivity index is 2.18. The van der Waals surface area contributed by atoms with Gasteiger partial charge in [0, 0.05) is 0 Å². The van der Waals surface area contributed by atoms with E-state index < -0.39 is 37.3 Å². The van der Waals surface area contributed by atoms with Crippen LogP contribution < -0.4 is 9.47 Å². The molecule has 0 unspecified atom stereocenters. The van der Waals surface area contributed by atoms with Crippen molar-refractivity contribution in [2.24, 2.45) is 0 Å². The molecule has 128 valence electrons. The van der Waals surface area contributed by atoms with Gasteiger partial charge >= 0.3 is 0 Å². The van der Waals surface area contributed by atoms with Crippen molar-refractivity contribution in [1.29, 1.82) is 0 Å². The Morgan fingerprint density at radius 1 is 1.17 bits per heavy atom. The van der Waals surface area contributed by atoms with E-state index >= 15 is 0 Å². The Kier molecular flexibility index (Phi) is 5.97. The molecule has 7 heteroatoms. The number of rotatable bonds is 6. The van der Waals surface area contributed by atoms with Crippen molar-refractivity contribution in [2.75, 3.05) is 13.7 Å². The van der Waals surface area contributed by atoms with E-state index in [0.717, 1.165) is 5.56 Å². The van der Waals surface area contributed by atoms with Crippen LogP contribution in [0.5, 0.6) is 11.5 Å². The van der Waals surface area contributed by atoms with Crippen LogP contribution in [0.4, 0.5) is 0 Å². The SMILES string of the molecule is C=CCc1ccc(O[C@H]2O[C@H](CO)[C@@H](O)[C@H](O)[C@H]2O)c(OC)c1. The number of ether oxygens (including phenoxy) is 3. The molecular weight excluding hydrogens is 304 g/mol. The van der Waals surface area contributed by atoms with Crippen LogP contribution in [-0.2, 0) is 11.2 Å². The van der Waals surface area contributed by atoms with Crippen molar-refractivity contribution in [3.63, 3.8) is 0 Å². The fourth-order valence-electron chi connectivity index (χ4n) is 2.39. The molecule has 1 aromatic carbocycles. The Morgan fingerprint density at radius 3 is 2.52 bits per heavy atom. The lowest BCUT2D eigenvalue weighted by Gasteiger charge is -2.39. The summed E-state index contributed by atoms with van der Waals surface area (Å²) in [5.41, 5.74) is 0.970. The second kappa shape index (κ2) is 7.76. The number of methoxy groups -OCH3 is 1. The molecule has 0 saturated carbocycles. The van der Waals surface area contributed by atoms with E-state index in [1.165, 1.54) is 7.11 Å². The maximum absolute atomic E-state index is 9.99. The minimum atomic E-state index is -1.49. The molecule has 2 rings (SSSR count).